The molecule has 1 unspecified atom stereocenters. The highest BCUT2D eigenvalue weighted by Crippen LogP contribution is 2.42. The summed E-state index contributed by atoms with van der Waals surface area (Å²) in [5.41, 5.74) is 4.41. The molecule has 1 heterocycles. The second-order valence-electron chi connectivity index (χ2n) is 7.15. The first-order valence-corrected chi connectivity index (χ1v) is 9.15. The van der Waals surface area contributed by atoms with Gasteiger partial charge in [-0.25, -0.2) is 13.6 Å². The Hall–Kier alpha value is -2.95. The van der Waals surface area contributed by atoms with E-state index in [1.54, 1.807) is 24.3 Å². The summed E-state index contributed by atoms with van der Waals surface area (Å²) in [6, 6.07) is 12.1. The third kappa shape index (κ3) is 3.70. The zero-order valence-electron chi connectivity index (χ0n) is 16.3. The van der Waals surface area contributed by atoms with Crippen LogP contribution in [0.5, 0.6) is 0 Å². The minimum absolute atomic E-state index is 0.164. The van der Waals surface area contributed by atoms with Crippen LogP contribution in [-0.4, -0.2) is 13.1 Å². The molecule has 0 radical (unpaired) electrons. The van der Waals surface area contributed by atoms with E-state index < -0.39 is 11.9 Å². The lowest BCUT2D eigenvalue weighted by atomic mass is 9.78. The lowest BCUT2D eigenvalue weighted by Gasteiger charge is -2.34. The Morgan fingerprint density at radius 3 is 2.04 bits per heavy atom. The highest BCUT2D eigenvalue weighted by atomic mass is 19.1. The number of allylic oxidation sites excluding steroid dienone is 2. The Morgan fingerprint density at radius 1 is 1.00 bits per heavy atom. The summed E-state index contributed by atoms with van der Waals surface area (Å²) in [5, 5.41) is 3.38. The van der Waals surface area contributed by atoms with E-state index in [1.165, 1.54) is 31.4 Å². The maximum absolute atomic E-state index is 13.5. The number of dihydropyridines is 1. The molecule has 146 valence electrons. The van der Waals surface area contributed by atoms with Gasteiger partial charge in [0.15, 0.2) is 0 Å². The van der Waals surface area contributed by atoms with E-state index in [-0.39, 0.29) is 17.6 Å². The van der Waals surface area contributed by atoms with Gasteiger partial charge in [-0.15, -0.1) is 0 Å². The van der Waals surface area contributed by atoms with Crippen LogP contribution >= 0.6 is 0 Å². The fourth-order valence-corrected chi connectivity index (χ4v) is 3.66. The molecule has 2 aromatic rings. The van der Waals surface area contributed by atoms with Crippen LogP contribution in [0.3, 0.4) is 0 Å². The summed E-state index contributed by atoms with van der Waals surface area (Å²) in [6.07, 6.45) is 0. The van der Waals surface area contributed by atoms with Crippen molar-refractivity contribution in [1.29, 1.82) is 0 Å². The van der Waals surface area contributed by atoms with Crippen LogP contribution in [0.4, 0.5) is 8.78 Å². The SMILES string of the molecule is COC(=O)C1=C(c2ccc(F)cc2)NC(C(C)C)=C(C)C1c1ccc(F)cc1. The average Bonchev–Trinajstić information content (AvgIpc) is 2.68. The number of hydrogen-bond donors (Lipinski definition) is 1. The summed E-state index contributed by atoms with van der Waals surface area (Å²) < 4.78 is 32.0. The molecule has 0 aliphatic carbocycles. The van der Waals surface area contributed by atoms with Crippen LogP contribution in [-0.2, 0) is 9.53 Å². The summed E-state index contributed by atoms with van der Waals surface area (Å²) >= 11 is 0. The number of esters is 1. The van der Waals surface area contributed by atoms with E-state index in [1.807, 2.05) is 6.92 Å². The molecule has 1 N–H and O–H groups in total. The van der Waals surface area contributed by atoms with Crippen molar-refractivity contribution < 1.29 is 18.3 Å². The molecule has 28 heavy (non-hydrogen) atoms. The number of halogens is 2. The zero-order chi connectivity index (χ0) is 20.4. The molecule has 1 atom stereocenters. The summed E-state index contributed by atoms with van der Waals surface area (Å²) in [4.78, 5) is 12.8. The number of ether oxygens (including phenoxy) is 1. The van der Waals surface area contributed by atoms with Gasteiger partial charge >= 0.3 is 5.97 Å². The minimum atomic E-state index is -0.483. The van der Waals surface area contributed by atoms with Crippen molar-refractivity contribution in [2.45, 2.75) is 26.7 Å². The molecule has 1 aliphatic rings. The summed E-state index contributed by atoms with van der Waals surface area (Å²) in [6.45, 7) is 6.07. The van der Waals surface area contributed by atoms with Crippen LogP contribution in [0.25, 0.3) is 5.70 Å². The Morgan fingerprint density at radius 2 is 1.54 bits per heavy atom. The normalized spacial score (nSPS) is 17.0. The van der Waals surface area contributed by atoms with Crippen molar-refractivity contribution in [2.75, 3.05) is 7.11 Å². The zero-order valence-corrected chi connectivity index (χ0v) is 16.3. The summed E-state index contributed by atoms with van der Waals surface area (Å²) in [5.74, 6) is -1.41. The molecular formula is C23H23F2NO2. The second kappa shape index (κ2) is 7.97. The molecule has 0 spiro atoms. The number of methoxy groups -OCH3 is 1. The molecule has 1 aliphatic heterocycles. The van der Waals surface area contributed by atoms with Gasteiger partial charge in [-0.3, -0.25) is 0 Å². The number of carbonyl (C=O) groups is 1. The van der Waals surface area contributed by atoms with Gasteiger partial charge in [0.1, 0.15) is 11.6 Å². The van der Waals surface area contributed by atoms with Crippen LogP contribution in [0.15, 0.2) is 65.4 Å². The highest BCUT2D eigenvalue weighted by molar-refractivity contribution is 6.00. The van der Waals surface area contributed by atoms with Gasteiger partial charge in [0.25, 0.3) is 0 Å². The maximum Gasteiger partial charge on any atom is 0.336 e. The lowest BCUT2D eigenvalue weighted by Crippen LogP contribution is -2.31. The highest BCUT2D eigenvalue weighted by Gasteiger charge is 2.35. The molecule has 0 bridgehead atoms. The van der Waals surface area contributed by atoms with Crippen molar-refractivity contribution in [2.24, 2.45) is 5.92 Å². The number of rotatable bonds is 4. The smallest absolute Gasteiger partial charge is 0.336 e. The van der Waals surface area contributed by atoms with E-state index >= 15 is 0 Å². The van der Waals surface area contributed by atoms with Crippen LogP contribution in [0.2, 0.25) is 0 Å². The molecule has 0 aromatic heterocycles. The van der Waals surface area contributed by atoms with Gasteiger partial charge in [0, 0.05) is 11.6 Å². The molecule has 0 saturated carbocycles. The van der Waals surface area contributed by atoms with E-state index in [4.69, 9.17) is 4.74 Å². The predicted octanol–water partition coefficient (Wildman–Crippen LogP) is 5.17. The fraction of sp³-hybridized carbons (Fsp3) is 0.261. The molecular weight excluding hydrogens is 360 g/mol. The molecule has 0 fully saturated rings. The van der Waals surface area contributed by atoms with Crippen molar-refractivity contribution in [1.82, 2.24) is 5.32 Å². The quantitative estimate of drug-likeness (QED) is 0.741. The van der Waals surface area contributed by atoms with Gasteiger partial charge in [0.05, 0.1) is 18.4 Å². The Balaban J connectivity index is 2.28. The van der Waals surface area contributed by atoms with Gasteiger partial charge in [-0.05, 0) is 65.9 Å². The second-order valence-corrected chi connectivity index (χ2v) is 7.15. The first kappa shape index (κ1) is 19.8. The predicted molar refractivity (Wildman–Crippen MR) is 105 cm³/mol. The Bertz CT molecular complexity index is 942. The number of carbonyl (C=O) groups excluding carboxylic acids is 1. The largest absolute Gasteiger partial charge is 0.466 e. The first-order chi connectivity index (χ1) is 13.3. The van der Waals surface area contributed by atoms with Crippen molar-refractivity contribution >= 4 is 11.7 Å². The van der Waals surface area contributed by atoms with Crippen molar-refractivity contribution in [3.63, 3.8) is 0 Å². The third-order valence-corrected chi connectivity index (χ3v) is 4.99. The van der Waals surface area contributed by atoms with E-state index in [0.29, 0.717) is 16.8 Å². The minimum Gasteiger partial charge on any atom is -0.466 e. The fourth-order valence-electron chi connectivity index (χ4n) is 3.66. The van der Waals surface area contributed by atoms with E-state index in [2.05, 4.69) is 19.2 Å². The Labute approximate surface area is 163 Å². The number of benzene rings is 2. The van der Waals surface area contributed by atoms with Gasteiger partial charge < -0.3 is 10.1 Å². The molecule has 0 saturated heterocycles. The average molecular weight is 383 g/mol. The van der Waals surface area contributed by atoms with E-state index in [9.17, 15) is 13.6 Å². The van der Waals surface area contributed by atoms with Gasteiger partial charge in [-0.1, -0.05) is 26.0 Å². The standard InChI is InChI=1S/C23H23F2NO2/c1-13(2)21-14(3)19(15-5-9-17(24)10-6-15)20(23(27)28-4)22(26-21)16-7-11-18(25)12-8-16/h5-13,19,26H,1-4H3. The van der Waals surface area contributed by atoms with Crippen LogP contribution in [0, 0.1) is 17.6 Å². The topological polar surface area (TPSA) is 38.3 Å². The number of hydrogen-bond acceptors (Lipinski definition) is 3. The molecule has 2 aromatic carbocycles. The van der Waals surface area contributed by atoms with Crippen LogP contribution in [0.1, 0.15) is 37.8 Å². The summed E-state index contributed by atoms with van der Waals surface area (Å²) in [7, 11) is 1.33. The first-order valence-electron chi connectivity index (χ1n) is 9.15. The van der Waals surface area contributed by atoms with Crippen molar-refractivity contribution in [3.8, 4) is 0 Å². The van der Waals surface area contributed by atoms with Crippen molar-refractivity contribution in [3.05, 3.63) is 88.1 Å². The van der Waals surface area contributed by atoms with Crippen LogP contribution < -0.4 is 5.32 Å². The molecule has 5 heteroatoms. The molecule has 0 amide bonds. The Kier molecular flexibility index (Phi) is 5.63. The molecule has 3 rings (SSSR count). The number of nitrogens with one attached hydrogen (secondary N) is 1. The van der Waals surface area contributed by atoms with Gasteiger partial charge in [-0.2, -0.15) is 0 Å². The third-order valence-electron chi connectivity index (χ3n) is 4.99. The van der Waals surface area contributed by atoms with Gasteiger partial charge in [0.2, 0.25) is 0 Å². The maximum atomic E-state index is 13.5. The van der Waals surface area contributed by atoms with E-state index in [0.717, 1.165) is 16.8 Å². The monoisotopic (exact) mass is 383 g/mol. The lowest BCUT2D eigenvalue weighted by molar-refractivity contribution is -0.136. The molecule has 3 nitrogen and oxygen atoms in total.